The van der Waals surface area contributed by atoms with Gasteiger partial charge in [-0.05, 0) is 44.1 Å². The Morgan fingerprint density at radius 1 is 1.50 bits per heavy atom. The Hall–Kier alpha value is -0.560. The molecule has 0 N–H and O–H groups in total. The predicted octanol–water partition coefficient (Wildman–Crippen LogP) is 3.96. The molecule has 0 unspecified atom stereocenters. The van der Waals surface area contributed by atoms with Crippen molar-refractivity contribution >= 4 is 0 Å². The molecule has 1 fully saturated rings. The second-order valence-electron chi connectivity index (χ2n) is 5.97. The Labute approximate surface area is 99.6 Å². The highest BCUT2D eigenvalue weighted by Crippen LogP contribution is 2.48. The summed E-state index contributed by atoms with van der Waals surface area (Å²) in [5, 5.41) is 0. The number of ether oxygens (including phenoxy) is 1. The summed E-state index contributed by atoms with van der Waals surface area (Å²) in [7, 11) is 0. The van der Waals surface area contributed by atoms with E-state index in [1.54, 1.807) is 0 Å². The van der Waals surface area contributed by atoms with Crippen LogP contribution in [0.2, 0.25) is 0 Å². The molecule has 1 saturated heterocycles. The summed E-state index contributed by atoms with van der Waals surface area (Å²) in [4.78, 5) is 0. The van der Waals surface area contributed by atoms with Gasteiger partial charge in [-0.3, -0.25) is 0 Å². The molecule has 0 aromatic heterocycles. The smallest absolute Gasteiger partial charge is 0.0563 e. The van der Waals surface area contributed by atoms with Crippen molar-refractivity contribution in [2.24, 2.45) is 17.3 Å². The first-order valence-electron chi connectivity index (χ1n) is 6.47. The van der Waals surface area contributed by atoms with Gasteiger partial charge in [0.1, 0.15) is 0 Å². The van der Waals surface area contributed by atoms with E-state index in [-0.39, 0.29) is 5.41 Å². The van der Waals surface area contributed by atoms with E-state index in [2.05, 4.69) is 39.8 Å². The highest BCUT2D eigenvalue weighted by Gasteiger charge is 2.45. The van der Waals surface area contributed by atoms with Crippen molar-refractivity contribution in [3.05, 3.63) is 23.3 Å². The van der Waals surface area contributed by atoms with E-state index in [0.717, 1.165) is 19.1 Å². The fraction of sp³-hybridized carbons (Fsp3) is 0.733. The van der Waals surface area contributed by atoms with Gasteiger partial charge in [0.2, 0.25) is 0 Å². The van der Waals surface area contributed by atoms with Gasteiger partial charge in [-0.1, -0.05) is 31.6 Å². The van der Waals surface area contributed by atoms with Gasteiger partial charge in [0.15, 0.2) is 0 Å². The lowest BCUT2D eigenvalue weighted by Gasteiger charge is -2.33. The number of hydrogen-bond donors (Lipinski definition) is 0. The van der Waals surface area contributed by atoms with Crippen LogP contribution in [0.5, 0.6) is 0 Å². The summed E-state index contributed by atoms with van der Waals surface area (Å²) in [5.41, 5.74) is 3.17. The van der Waals surface area contributed by atoms with Crippen LogP contribution < -0.4 is 0 Å². The minimum atomic E-state index is 0.257. The van der Waals surface area contributed by atoms with Gasteiger partial charge in [-0.2, -0.15) is 0 Å². The van der Waals surface area contributed by atoms with Crippen LogP contribution in [0.4, 0.5) is 0 Å². The summed E-state index contributed by atoms with van der Waals surface area (Å²) in [6.07, 6.45) is 7.34. The highest BCUT2D eigenvalue weighted by molar-refractivity contribution is 5.32. The summed E-state index contributed by atoms with van der Waals surface area (Å²) >= 11 is 0. The first kappa shape index (κ1) is 11.9. The molecule has 1 aliphatic carbocycles. The molecule has 0 aromatic carbocycles. The quantitative estimate of drug-likeness (QED) is 0.650. The summed E-state index contributed by atoms with van der Waals surface area (Å²) in [5.74, 6) is 1.49. The van der Waals surface area contributed by atoms with E-state index in [9.17, 15) is 0 Å². The second kappa shape index (κ2) is 4.37. The standard InChI is InChI=1S/C15H24O/c1-11(2)8-13-7-5-6-12(3)14-9-16-10-15(13,14)4/h7-8,12,14H,5-6,9-10H2,1-4H3/t12-,14+,15-/m1/s1. The van der Waals surface area contributed by atoms with Crippen molar-refractivity contribution in [2.45, 2.75) is 40.5 Å². The zero-order valence-electron chi connectivity index (χ0n) is 11.0. The Balaban J connectivity index is 2.36. The van der Waals surface area contributed by atoms with Crippen molar-refractivity contribution in [1.29, 1.82) is 0 Å². The van der Waals surface area contributed by atoms with Crippen molar-refractivity contribution in [1.82, 2.24) is 0 Å². The zero-order chi connectivity index (χ0) is 11.8. The molecule has 0 aromatic rings. The van der Waals surface area contributed by atoms with Crippen LogP contribution in [0.25, 0.3) is 0 Å². The van der Waals surface area contributed by atoms with Crippen LogP contribution in [-0.2, 0) is 4.74 Å². The van der Waals surface area contributed by atoms with Crippen LogP contribution in [0.3, 0.4) is 0 Å². The number of hydrogen-bond acceptors (Lipinski definition) is 1. The molecule has 90 valence electrons. The van der Waals surface area contributed by atoms with Crippen LogP contribution in [0, 0.1) is 17.3 Å². The predicted molar refractivity (Wildman–Crippen MR) is 68.3 cm³/mol. The molecule has 0 bridgehead atoms. The van der Waals surface area contributed by atoms with Gasteiger partial charge in [-0.15, -0.1) is 0 Å². The molecular weight excluding hydrogens is 196 g/mol. The molecule has 1 aliphatic heterocycles. The zero-order valence-corrected chi connectivity index (χ0v) is 11.0. The van der Waals surface area contributed by atoms with E-state index in [1.807, 2.05) is 0 Å². The second-order valence-corrected chi connectivity index (χ2v) is 5.97. The average Bonchev–Trinajstić information content (AvgIpc) is 2.55. The van der Waals surface area contributed by atoms with E-state index >= 15 is 0 Å². The summed E-state index contributed by atoms with van der Waals surface area (Å²) in [6.45, 7) is 11.0. The third-order valence-electron chi connectivity index (χ3n) is 4.29. The molecule has 16 heavy (non-hydrogen) atoms. The first-order valence-corrected chi connectivity index (χ1v) is 6.47. The highest BCUT2D eigenvalue weighted by atomic mass is 16.5. The monoisotopic (exact) mass is 220 g/mol. The fourth-order valence-electron chi connectivity index (χ4n) is 3.25. The fourth-order valence-corrected chi connectivity index (χ4v) is 3.25. The molecular formula is C15H24O. The number of allylic oxidation sites excluding steroid dienone is 3. The van der Waals surface area contributed by atoms with Gasteiger partial charge in [0, 0.05) is 5.41 Å². The molecule has 1 heterocycles. The number of rotatable bonds is 1. The molecule has 1 heteroatoms. The van der Waals surface area contributed by atoms with E-state index in [1.165, 1.54) is 24.0 Å². The third kappa shape index (κ3) is 1.98. The summed E-state index contributed by atoms with van der Waals surface area (Å²) in [6, 6.07) is 0. The minimum absolute atomic E-state index is 0.257. The Kier molecular flexibility index (Phi) is 3.25. The lowest BCUT2D eigenvalue weighted by Crippen LogP contribution is -2.31. The molecule has 0 amide bonds. The maximum absolute atomic E-state index is 5.76. The summed E-state index contributed by atoms with van der Waals surface area (Å²) < 4.78 is 5.76. The van der Waals surface area contributed by atoms with Gasteiger partial charge in [0.25, 0.3) is 0 Å². The number of fused-ring (bicyclic) bond motifs is 1. The lowest BCUT2D eigenvalue weighted by atomic mass is 9.69. The van der Waals surface area contributed by atoms with E-state index in [0.29, 0.717) is 5.92 Å². The van der Waals surface area contributed by atoms with Crippen molar-refractivity contribution < 1.29 is 4.74 Å². The SMILES string of the molecule is CC(C)=CC1=CCC[C@@H](C)[C@@H]2COC[C@]12C. The van der Waals surface area contributed by atoms with Crippen molar-refractivity contribution in [2.75, 3.05) is 13.2 Å². The van der Waals surface area contributed by atoms with Gasteiger partial charge in [0.05, 0.1) is 13.2 Å². The maximum Gasteiger partial charge on any atom is 0.0563 e. The molecule has 2 rings (SSSR count). The molecule has 0 radical (unpaired) electrons. The largest absolute Gasteiger partial charge is 0.380 e. The van der Waals surface area contributed by atoms with Crippen LogP contribution >= 0.6 is 0 Å². The van der Waals surface area contributed by atoms with Gasteiger partial charge < -0.3 is 4.74 Å². The third-order valence-corrected chi connectivity index (χ3v) is 4.29. The Morgan fingerprint density at radius 2 is 2.25 bits per heavy atom. The van der Waals surface area contributed by atoms with E-state index in [4.69, 9.17) is 4.74 Å². The Bertz CT molecular complexity index is 322. The molecule has 1 nitrogen and oxygen atoms in total. The molecule has 3 atom stereocenters. The van der Waals surface area contributed by atoms with Crippen LogP contribution in [0.15, 0.2) is 23.3 Å². The lowest BCUT2D eigenvalue weighted by molar-refractivity contribution is 0.168. The van der Waals surface area contributed by atoms with Gasteiger partial charge >= 0.3 is 0 Å². The average molecular weight is 220 g/mol. The first-order chi connectivity index (χ1) is 7.54. The van der Waals surface area contributed by atoms with E-state index < -0.39 is 0 Å². The van der Waals surface area contributed by atoms with Crippen molar-refractivity contribution in [3.8, 4) is 0 Å². The van der Waals surface area contributed by atoms with Crippen LogP contribution in [0.1, 0.15) is 40.5 Å². The minimum Gasteiger partial charge on any atom is -0.380 e. The van der Waals surface area contributed by atoms with Crippen molar-refractivity contribution in [3.63, 3.8) is 0 Å². The molecule has 0 spiro atoms. The van der Waals surface area contributed by atoms with Crippen LogP contribution in [-0.4, -0.2) is 13.2 Å². The topological polar surface area (TPSA) is 9.23 Å². The maximum atomic E-state index is 5.76. The normalized spacial score (nSPS) is 38.6. The van der Waals surface area contributed by atoms with Gasteiger partial charge in [-0.25, -0.2) is 0 Å². The molecule has 2 aliphatic rings. The molecule has 0 saturated carbocycles. The Morgan fingerprint density at radius 3 is 2.94 bits per heavy atom.